The largest absolute Gasteiger partial charge is 0.478 e. The zero-order valence-electron chi connectivity index (χ0n) is 10.9. The van der Waals surface area contributed by atoms with Crippen molar-refractivity contribution < 1.29 is 19.5 Å². The number of aliphatic carboxylic acids is 1. The van der Waals surface area contributed by atoms with Crippen LogP contribution in [0.1, 0.15) is 31.2 Å². The Morgan fingerprint density at radius 1 is 1.05 bits per heavy atom. The minimum absolute atomic E-state index is 0.179. The van der Waals surface area contributed by atoms with Crippen LogP contribution in [0.15, 0.2) is 30.3 Å². The first-order chi connectivity index (χ1) is 9.58. The van der Waals surface area contributed by atoms with E-state index in [1.807, 2.05) is 0 Å². The molecule has 5 heteroatoms. The number of benzene rings is 1. The fraction of sp³-hybridized carbons (Fsp3) is 0.267. The number of carbonyl (C=O) groups excluding carboxylic acids is 2. The summed E-state index contributed by atoms with van der Waals surface area (Å²) in [6, 6.07) is 6.67. The van der Waals surface area contributed by atoms with Crippen LogP contribution in [0.2, 0.25) is 0 Å². The Hall–Kier alpha value is -2.43. The molecule has 0 atom stereocenters. The molecule has 0 aromatic heterocycles. The van der Waals surface area contributed by atoms with Gasteiger partial charge in [-0.3, -0.25) is 14.5 Å². The molecule has 1 aromatic rings. The average molecular weight is 273 g/mol. The van der Waals surface area contributed by atoms with E-state index in [-0.39, 0.29) is 11.8 Å². The predicted octanol–water partition coefficient (Wildman–Crippen LogP) is 2.22. The quantitative estimate of drug-likeness (QED) is 0.677. The molecule has 0 unspecified atom stereocenters. The van der Waals surface area contributed by atoms with E-state index >= 15 is 0 Å². The van der Waals surface area contributed by atoms with Gasteiger partial charge in [-0.2, -0.15) is 0 Å². The molecule has 1 aromatic carbocycles. The topological polar surface area (TPSA) is 74.7 Å². The van der Waals surface area contributed by atoms with E-state index in [1.165, 1.54) is 11.0 Å². The first kappa shape index (κ1) is 14.0. The van der Waals surface area contributed by atoms with Crippen LogP contribution in [0.25, 0.3) is 6.08 Å². The molecule has 0 spiro atoms. The zero-order chi connectivity index (χ0) is 14.5. The van der Waals surface area contributed by atoms with Gasteiger partial charge in [-0.05, 0) is 36.6 Å². The van der Waals surface area contributed by atoms with Crippen molar-refractivity contribution in [2.45, 2.75) is 25.7 Å². The molecule has 2 amide bonds. The van der Waals surface area contributed by atoms with E-state index in [0.717, 1.165) is 18.9 Å². The molecular formula is C15H15NO4. The summed E-state index contributed by atoms with van der Waals surface area (Å²) >= 11 is 0. The molecule has 1 aliphatic rings. The van der Waals surface area contributed by atoms with Crippen molar-refractivity contribution in [2.75, 3.05) is 4.90 Å². The van der Waals surface area contributed by atoms with Crippen LogP contribution in [0.4, 0.5) is 5.69 Å². The molecular weight excluding hydrogens is 258 g/mol. The minimum atomic E-state index is -1.02. The van der Waals surface area contributed by atoms with Gasteiger partial charge in [0.25, 0.3) is 0 Å². The van der Waals surface area contributed by atoms with Crippen LogP contribution < -0.4 is 4.90 Å². The molecule has 0 saturated carbocycles. The smallest absolute Gasteiger partial charge is 0.328 e. The molecule has 0 aliphatic carbocycles. The summed E-state index contributed by atoms with van der Waals surface area (Å²) in [6.45, 7) is 0. The van der Waals surface area contributed by atoms with E-state index in [2.05, 4.69) is 0 Å². The number of imide groups is 1. The molecule has 2 rings (SSSR count). The van der Waals surface area contributed by atoms with E-state index in [9.17, 15) is 14.4 Å². The number of nitrogens with zero attached hydrogens (tertiary/aromatic N) is 1. The SMILES string of the molecule is O=C(O)C=Cc1ccc(N2C(=O)CCCCC2=O)cc1. The summed E-state index contributed by atoms with van der Waals surface area (Å²) in [7, 11) is 0. The summed E-state index contributed by atoms with van der Waals surface area (Å²) in [4.78, 5) is 35.5. The van der Waals surface area contributed by atoms with Crippen LogP contribution in [0.3, 0.4) is 0 Å². The molecule has 1 heterocycles. The third-order valence-electron chi connectivity index (χ3n) is 3.10. The van der Waals surface area contributed by atoms with Crippen LogP contribution >= 0.6 is 0 Å². The molecule has 1 fully saturated rings. The van der Waals surface area contributed by atoms with Crippen molar-refractivity contribution in [3.63, 3.8) is 0 Å². The fourth-order valence-corrected chi connectivity index (χ4v) is 2.11. The maximum Gasteiger partial charge on any atom is 0.328 e. The predicted molar refractivity (Wildman–Crippen MR) is 74.1 cm³/mol. The highest BCUT2D eigenvalue weighted by atomic mass is 16.4. The first-order valence-corrected chi connectivity index (χ1v) is 6.45. The summed E-state index contributed by atoms with van der Waals surface area (Å²) < 4.78 is 0. The van der Waals surface area contributed by atoms with Gasteiger partial charge in [-0.15, -0.1) is 0 Å². The van der Waals surface area contributed by atoms with E-state index in [0.29, 0.717) is 24.1 Å². The Kier molecular flexibility index (Phi) is 4.30. The van der Waals surface area contributed by atoms with Gasteiger partial charge in [-0.1, -0.05) is 12.1 Å². The Balaban J connectivity index is 2.21. The second-order valence-corrected chi connectivity index (χ2v) is 4.59. The molecule has 1 N–H and O–H groups in total. The molecule has 0 bridgehead atoms. The number of rotatable bonds is 3. The van der Waals surface area contributed by atoms with Crippen LogP contribution in [0.5, 0.6) is 0 Å². The van der Waals surface area contributed by atoms with E-state index in [1.54, 1.807) is 24.3 Å². The Bertz CT molecular complexity index is 542. The Morgan fingerprint density at radius 2 is 1.60 bits per heavy atom. The molecule has 104 valence electrons. The average Bonchev–Trinajstić information content (AvgIpc) is 2.58. The summed E-state index contributed by atoms with van der Waals surface area (Å²) in [5, 5.41) is 8.55. The lowest BCUT2D eigenvalue weighted by Gasteiger charge is -2.18. The number of hydrogen-bond acceptors (Lipinski definition) is 3. The standard InChI is InChI=1S/C15H15NO4/c17-13-3-1-2-4-14(18)16(13)12-8-5-11(6-9-12)7-10-15(19)20/h5-10H,1-4H2,(H,19,20). The molecule has 0 radical (unpaired) electrons. The molecule has 1 aliphatic heterocycles. The van der Waals surface area contributed by atoms with Crippen LogP contribution in [0, 0.1) is 0 Å². The van der Waals surface area contributed by atoms with E-state index < -0.39 is 5.97 Å². The van der Waals surface area contributed by atoms with Gasteiger partial charge in [0, 0.05) is 18.9 Å². The highest BCUT2D eigenvalue weighted by molar-refractivity contribution is 6.15. The van der Waals surface area contributed by atoms with Gasteiger partial charge in [-0.25, -0.2) is 4.79 Å². The number of hydrogen-bond donors (Lipinski definition) is 1. The normalized spacial score (nSPS) is 16.5. The highest BCUT2D eigenvalue weighted by Crippen LogP contribution is 2.22. The Labute approximate surface area is 116 Å². The van der Waals surface area contributed by atoms with Crippen molar-refractivity contribution in [3.8, 4) is 0 Å². The molecule has 5 nitrogen and oxygen atoms in total. The van der Waals surface area contributed by atoms with Gasteiger partial charge < -0.3 is 5.11 Å². The number of carbonyl (C=O) groups is 3. The van der Waals surface area contributed by atoms with Gasteiger partial charge >= 0.3 is 5.97 Å². The minimum Gasteiger partial charge on any atom is -0.478 e. The maximum atomic E-state index is 11.9. The lowest BCUT2D eigenvalue weighted by atomic mass is 10.1. The summed E-state index contributed by atoms with van der Waals surface area (Å²) in [5.41, 5.74) is 1.24. The zero-order valence-corrected chi connectivity index (χ0v) is 10.9. The van der Waals surface area contributed by atoms with Gasteiger partial charge in [0.05, 0.1) is 5.69 Å². The summed E-state index contributed by atoms with van der Waals surface area (Å²) in [6.07, 6.45) is 4.73. The third kappa shape index (κ3) is 3.32. The van der Waals surface area contributed by atoms with Crippen LogP contribution in [-0.4, -0.2) is 22.9 Å². The summed E-state index contributed by atoms with van der Waals surface area (Å²) in [5.74, 6) is -1.38. The first-order valence-electron chi connectivity index (χ1n) is 6.45. The maximum absolute atomic E-state index is 11.9. The van der Waals surface area contributed by atoms with Crippen molar-refractivity contribution in [1.82, 2.24) is 0 Å². The van der Waals surface area contributed by atoms with E-state index in [4.69, 9.17) is 5.11 Å². The van der Waals surface area contributed by atoms with Gasteiger partial charge in [0.1, 0.15) is 0 Å². The van der Waals surface area contributed by atoms with Crippen molar-refractivity contribution >= 4 is 29.5 Å². The second kappa shape index (κ2) is 6.14. The van der Waals surface area contributed by atoms with Crippen molar-refractivity contribution in [3.05, 3.63) is 35.9 Å². The molecule has 1 saturated heterocycles. The number of amides is 2. The third-order valence-corrected chi connectivity index (χ3v) is 3.10. The van der Waals surface area contributed by atoms with Crippen LogP contribution in [-0.2, 0) is 14.4 Å². The highest BCUT2D eigenvalue weighted by Gasteiger charge is 2.25. The number of anilines is 1. The fourth-order valence-electron chi connectivity index (χ4n) is 2.11. The van der Waals surface area contributed by atoms with Crippen molar-refractivity contribution in [1.29, 1.82) is 0 Å². The Morgan fingerprint density at radius 3 is 2.10 bits per heavy atom. The lowest BCUT2D eigenvalue weighted by Crippen LogP contribution is -2.34. The number of carboxylic acid groups (broad SMARTS) is 1. The molecule has 20 heavy (non-hydrogen) atoms. The lowest BCUT2D eigenvalue weighted by molar-refractivity contribution is -0.131. The monoisotopic (exact) mass is 273 g/mol. The van der Waals surface area contributed by atoms with Gasteiger partial charge in [0.2, 0.25) is 11.8 Å². The van der Waals surface area contributed by atoms with Gasteiger partial charge in [0.15, 0.2) is 0 Å². The second-order valence-electron chi connectivity index (χ2n) is 4.59. The number of carboxylic acids is 1. The van der Waals surface area contributed by atoms with Crippen molar-refractivity contribution in [2.24, 2.45) is 0 Å².